The van der Waals surface area contributed by atoms with Crippen LogP contribution in [0.15, 0.2) is 41.3 Å². The Morgan fingerprint density at radius 1 is 0.973 bits per heavy atom. The molecule has 2 fully saturated rings. The van der Waals surface area contributed by atoms with Crippen LogP contribution in [0.2, 0.25) is 10.0 Å². The van der Waals surface area contributed by atoms with Gasteiger partial charge in [0.1, 0.15) is 0 Å². The van der Waals surface area contributed by atoms with E-state index >= 15 is 0 Å². The van der Waals surface area contributed by atoms with Gasteiger partial charge in [0.25, 0.3) is 0 Å². The van der Waals surface area contributed by atoms with Crippen LogP contribution in [0.5, 0.6) is 0 Å². The molecule has 0 radical (unpaired) electrons. The quantitative estimate of drug-likeness (QED) is 0.254. The third kappa shape index (κ3) is 12.4. The molecule has 0 spiro atoms. The molecular formula is C26H33Cl2KN4O2S2. The van der Waals surface area contributed by atoms with E-state index in [4.69, 9.17) is 28.9 Å². The molecule has 6 nitrogen and oxygen atoms in total. The summed E-state index contributed by atoms with van der Waals surface area (Å²) in [5.41, 5.74) is 7.12. The fourth-order valence-electron chi connectivity index (χ4n) is 4.10. The maximum absolute atomic E-state index is 10.0. The number of nitrogen functional groups attached to an aromatic ring is 1. The molecule has 0 saturated carbocycles. The number of benzene rings is 2. The predicted molar refractivity (Wildman–Crippen MR) is 152 cm³/mol. The number of hydrogen-bond acceptors (Lipinski definition) is 8. The second kappa shape index (κ2) is 17.7. The molecule has 5 rings (SSSR count). The van der Waals surface area contributed by atoms with Crippen LogP contribution in [-0.2, 0) is 11.2 Å². The van der Waals surface area contributed by atoms with E-state index in [9.17, 15) is 9.90 Å². The van der Waals surface area contributed by atoms with Crippen molar-refractivity contribution in [2.75, 3.05) is 45.0 Å². The molecule has 3 aromatic rings. The molecule has 2 N–H and O–H groups in total. The minimum atomic E-state index is -0.938. The number of carboxylic acids is 1. The van der Waals surface area contributed by atoms with Crippen molar-refractivity contribution in [2.24, 2.45) is 0 Å². The van der Waals surface area contributed by atoms with Crippen LogP contribution in [0.3, 0.4) is 0 Å². The van der Waals surface area contributed by atoms with Gasteiger partial charge in [-0.2, -0.15) is 0 Å². The number of halogens is 2. The second-order valence-electron chi connectivity index (χ2n) is 8.89. The van der Waals surface area contributed by atoms with Crippen molar-refractivity contribution in [1.82, 2.24) is 14.8 Å². The molecule has 37 heavy (non-hydrogen) atoms. The van der Waals surface area contributed by atoms with E-state index in [-0.39, 0.29) is 57.8 Å². The Bertz CT molecular complexity index is 1120. The summed E-state index contributed by atoms with van der Waals surface area (Å²) in [4.78, 5) is 20.1. The number of fused-ring (bicyclic) bond motifs is 1. The Balaban J connectivity index is 0.000000208. The van der Waals surface area contributed by atoms with Gasteiger partial charge in [-0.05, 0) is 94.7 Å². The predicted octanol–water partition coefficient (Wildman–Crippen LogP) is 2.03. The monoisotopic (exact) mass is 606 g/mol. The molecule has 2 aromatic carbocycles. The first-order chi connectivity index (χ1) is 17.3. The first-order valence-corrected chi connectivity index (χ1v) is 14.3. The summed E-state index contributed by atoms with van der Waals surface area (Å²) in [6, 6.07) is 11.1. The van der Waals surface area contributed by atoms with Crippen LogP contribution in [0, 0.1) is 0 Å². The number of hydrogen-bond donors (Lipinski definition) is 2. The number of aliphatic carboxylic acids is 1. The van der Waals surface area contributed by atoms with E-state index in [1.165, 1.54) is 48.5 Å². The maximum Gasteiger partial charge on any atom is 1.00 e. The van der Waals surface area contributed by atoms with Gasteiger partial charge in [-0.25, -0.2) is 4.98 Å². The molecule has 1 aromatic heterocycles. The second-order valence-corrected chi connectivity index (χ2v) is 11.4. The van der Waals surface area contributed by atoms with E-state index < -0.39 is 5.97 Å². The minimum absolute atomic E-state index is 0. The van der Waals surface area contributed by atoms with E-state index in [0.717, 1.165) is 41.5 Å². The van der Waals surface area contributed by atoms with Crippen LogP contribution >= 0.6 is 47.2 Å². The van der Waals surface area contributed by atoms with Crippen LogP contribution in [0.4, 0.5) is 5.69 Å². The van der Waals surface area contributed by atoms with Crippen LogP contribution in [-0.4, -0.2) is 60.0 Å². The summed E-state index contributed by atoms with van der Waals surface area (Å²) in [6.45, 7) is 6.46. The Labute approximate surface area is 281 Å². The minimum Gasteiger partial charge on any atom is -0.550 e. The first-order valence-electron chi connectivity index (χ1n) is 12.2. The van der Waals surface area contributed by atoms with Crippen molar-refractivity contribution in [1.29, 1.82) is 0 Å². The van der Waals surface area contributed by atoms with E-state index in [0.29, 0.717) is 17.3 Å². The third-order valence-corrected chi connectivity index (χ3v) is 8.03. The first kappa shape index (κ1) is 33.3. The molecule has 0 unspecified atom stereocenters. The van der Waals surface area contributed by atoms with E-state index in [1.807, 2.05) is 12.1 Å². The van der Waals surface area contributed by atoms with Crippen molar-refractivity contribution in [3.05, 3.63) is 51.5 Å². The Kier molecular flexibility index (Phi) is 15.9. The third-order valence-electron chi connectivity index (χ3n) is 6.05. The molecule has 0 amide bonds. The van der Waals surface area contributed by atoms with Gasteiger partial charge in [0.05, 0.1) is 15.2 Å². The summed E-state index contributed by atoms with van der Waals surface area (Å²) in [5, 5.41) is 12.7. The molecule has 196 valence electrons. The average Bonchev–Trinajstić information content (AvgIpc) is 3.61. The molecule has 0 aliphatic carbocycles. The van der Waals surface area contributed by atoms with Crippen molar-refractivity contribution in [2.45, 2.75) is 43.4 Å². The van der Waals surface area contributed by atoms with Crippen molar-refractivity contribution < 1.29 is 61.3 Å². The van der Waals surface area contributed by atoms with E-state index in [1.54, 1.807) is 29.5 Å². The number of carboxylic acid groups (broad SMARTS) is 1. The SMILES string of the molecule is Clc1ccc2sc(CCN3CCCC3)nc2c1.Nc1cc(Cl)ccc1S.O=C([O-])CCN1CCCC1.[K+]. The molecule has 2 saturated heterocycles. The van der Waals surface area contributed by atoms with Crippen LogP contribution < -0.4 is 62.2 Å². The normalized spacial score (nSPS) is 15.4. The number of carbonyl (C=O) groups is 1. The largest absolute Gasteiger partial charge is 1.00 e. The molecule has 0 atom stereocenters. The molecular weight excluding hydrogens is 574 g/mol. The number of carbonyl (C=O) groups excluding carboxylic acids is 1. The summed E-state index contributed by atoms with van der Waals surface area (Å²) >= 11 is 17.4. The number of likely N-dealkylation sites (tertiary alicyclic amines) is 2. The zero-order valence-corrected chi connectivity index (χ0v) is 27.6. The Hall–Kier alpha value is 0.0864. The topological polar surface area (TPSA) is 85.5 Å². The average molecular weight is 608 g/mol. The van der Waals surface area contributed by atoms with Crippen LogP contribution in [0.1, 0.15) is 37.1 Å². The molecule has 2 aliphatic heterocycles. The maximum atomic E-state index is 10.0. The smallest absolute Gasteiger partial charge is 0.550 e. The Morgan fingerprint density at radius 2 is 1.54 bits per heavy atom. The number of aromatic nitrogens is 1. The van der Waals surface area contributed by atoms with Gasteiger partial charge in [-0.15, -0.1) is 24.0 Å². The van der Waals surface area contributed by atoms with Gasteiger partial charge in [0, 0.05) is 46.1 Å². The van der Waals surface area contributed by atoms with Gasteiger partial charge < -0.3 is 25.4 Å². The molecule has 11 heteroatoms. The number of nitrogens with two attached hydrogens (primary N) is 1. The molecule has 0 bridgehead atoms. The number of thiol groups is 1. The summed E-state index contributed by atoms with van der Waals surface area (Å²) < 4.78 is 1.24. The van der Waals surface area contributed by atoms with Gasteiger partial charge in [-0.1, -0.05) is 23.2 Å². The molecule has 2 aliphatic rings. The molecule has 3 heterocycles. The summed E-state index contributed by atoms with van der Waals surface area (Å²) in [7, 11) is 0. The summed E-state index contributed by atoms with van der Waals surface area (Å²) in [5.74, 6) is -0.938. The summed E-state index contributed by atoms with van der Waals surface area (Å²) in [6.07, 6.45) is 6.39. The number of nitrogens with zero attached hydrogens (tertiary/aromatic N) is 3. The number of anilines is 1. The zero-order valence-electron chi connectivity index (χ0n) is 21.3. The number of thiazole rings is 1. The van der Waals surface area contributed by atoms with E-state index in [2.05, 4.69) is 33.5 Å². The fourth-order valence-corrected chi connectivity index (χ4v) is 5.52. The fraction of sp³-hybridized carbons (Fsp3) is 0.462. The van der Waals surface area contributed by atoms with Gasteiger partial charge in [0.2, 0.25) is 0 Å². The van der Waals surface area contributed by atoms with Gasteiger partial charge in [-0.3, -0.25) is 0 Å². The van der Waals surface area contributed by atoms with Crippen molar-refractivity contribution in [3.63, 3.8) is 0 Å². The van der Waals surface area contributed by atoms with Gasteiger partial charge in [0.15, 0.2) is 0 Å². The van der Waals surface area contributed by atoms with Gasteiger partial charge >= 0.3 is 51.4 Å². The zero-order chi connectivity index (χ0) is 25.9. The number of rotatable bonds is 6. The van der Waals surface area contributed by atoms with Crippen molar-refractivity contribution in [3.8, 4) is 0 Å². The Morgan fingerprint density at radius 3 is 2.11 bits per heavy atom. The van der Waals surface area contributed by atoms with Crippen molar-refractivity contribution >= 4 is 69.0 Å². The van der Waals surface area contributed by atoms with Crippen LogP contribution in [0.25, 0.3) is 10.2 Å². The standard InChI is InChI=1S/C13H15ClN2S.C7H13NO2.C6H6ClNS.K/c14-10-3-4-12-11(9-10)15-13(17-12)5-8-16-6-1-2-7-16;9-7(10)3-6-8-4-1-2-5-8;7-4-1-2-6(9)5(8)3-4;/h3-4,9H,1-2,5-8H2;1-6H2,(H,9,10);1-3,9H,8H2;/q;;;+1/p-1.